The molecule has 0 spiro atoms. The minimum atomic E-state index is 0.561. The zero-order chi connectivity index (χ0) is 14.4. The van der Waals surface area contributed by atoms with Gasteiger partial charge in [0.25, 0.3) is 0 Å². The molecule has 102 valence electrons. The zero-order valence-corrected chi connectivity index (χ0v) is 13.0. The molecule has 3 rings (SSSR count). The van der Waals surface area contributed by atoms with Crippen LogP contribution in [0.15, 0.2) is 30.6 Å². The Kier molecular flexibility index (Phi) is 3.23. The van der Waals surface area contributed by atoms with Gasteiger partial charge in [-0.05, 0) is 38.0 Å². The number of hydrogen-bond donors (Lipinski definition) is 0. The summed E-state index contributed by atoms with van der Waals surface area (Å²) in [5, 5.41) is 1.16. The van der Waals surface area contributed by atoms with E-state index < -0.39 is 0 Å². The Bertz CT molecular complexity index is 796. The lowest BCUT2D eigenvalue weighted by atomic mass is 9.98. The molecule has 0 saturated carbocycles. The summed E-state index contributed by atoms with van der Waals surface area (Å²) >= 11 is 12.2. The highest BCUT2D eigenvalue weighted by Crippen LogP contribution is 2.30. The van der Waals surface area contributed by atoms with Crippen LogP contribution in [0.2, 0.25) is 10.0 Å². The summed E-state index contributed by atoms with van der Waals surface area (Å²) in [6.07, 6.45) is 3.79. The molecule has 0 aliphatic carbocycles. The third-order valence-electron chi connectivity index (χ3n) is 3.41. The molecule has 0 unspecified atom stereocenters. The highest BCUT2D eigenvalue weighted by molar-refractivity contribution is 6.36. The van der Waals surface area contributed by atoms with Crippen LogP contribution in [0.5, 0.6) is 0 Å². The fraction of sp³-hybridized carbons (Fsp3) is 0.188. The van der Waals surface area contributed by atoms with Gasteiger partial charge in [0.15, 0.2) is 5.65 Å². The van der Waals surface area contributed by atoms with Crippen molar-refractivity contribution in [1.82, 2.24) is 9.38 Å². The second-order valence-electron chi connectivity index (χ2n) is 5.14. The summed E-state index contributed by atoms with van der Waals surface area (Å²) in [5.41, 5.74) is 6.50. The molecule has 1 aromatic carbocycles. The van der Waals surface area contributed by atoms with Crippen LogP contribution < -0.4 is 0 Å². The van der Waals surface area contributed by atoms with Crippen molar-refractivity contribution in [2.24, 2.45) is 0 Å². The van der Waals surface area contributed by atoms with Gasteiger partial charge in [0, 0.05) is 18.0 Å². The van der Waals surface area contributed by atoms with Crippen molar-refractivity contribution in [3.63, 3.8) is 0 Å². The first-order chi connectivity index (χ1) is 9.45. The van der Waals surface area contributed by atoms with Crippen molar-refractivity contribution in [3.05, 3.63) is 57.3 Å². The molecule has 3 aromatic rings. The van der Waals surface area contributed by atoms with E-state index in [0.29, 0.717) is 10.0 Å². The molecule has 2 aromatic heterocycles. The molecular formula is C16H14Cl2N2. The molecular weight excluding hydrogens is 291 g/mol. The number of benzene rings is 1. The zero-order valence-electron chi connectivity index (χ0n) is 11.5. The molecule has 2 heterocycles. The van der Waals surface area contributed by atoms with Crippen LogP contribution in [-0.4, -0.2) is 9.38 Å². The van der Waals surface area contributed by atoms with Gasteiger partial charge in [-0.2, -0.15) is 0 Å². The average Bonchev–Trinajstić information content (AvgIpc) is 2.71. The normalized spacial score (nSPS) is 11.2. The quantitative estimate of drug-likeness (QED) is 0.601. The lowest BCUT2D eigenvalue weighted by Crippen LogP contribution is -1.90. The molecule has 20 heavy (non-hydrogen) atoms. The van der Waals surface area contributed by atoms with Gasteiger partial charge in [0.1, 0.15) is 0 Å². The van der Waals surface area contributed by atoms with Gasteiger partial charge in [-0.25, -0.2) is 4.98 Å². The predicted octanol–water partition coefficient (Wildman–Crippen LogP) is 5.23. The monoisotopic (exact) mass is 304 g/mol. The highest BCUT2D eigenvalue weighted by Gasteiger charge is 2.12. The first kappa shape index (κ1) is 13.5. The van der Waals surface area contributed by atoms with E-state index in [1.165, 1.54) is 16.7 Å². The minimum absolute atomic E-state index is 0.561. The first-order valence-corrected chi connectivity index (χ1v) is 7.13. The van der Waals surface area contributed by atoms with Crippen LogP contribution >= 0.6 is 23.2 Å². The van der Waals surface area contributed by atoms with Gasteiger partial charge in [-0.15, -0.1) is 0 Å². The number of aryl methyl sites for hydroxylation is 3. The Morgan fingerprint density at radius 3 is 2.25 bits per heavy atom. The Hall–Kier alpha value is -1.51. The molecule has 0 saturated heterocycles. The summed E-state index contributed by atoms with van der Waals surface area (Å²) in [4.78, 5) is 4.65. The highest BCUT2D eigenvalue weighted by atomic mass is 35.5. The van der Waals surface area contributed by atoms with Crippen LogP contribution in [0.4, 0.5) is 0 Å². The van der Waals surface area contributed by atoms with Crippen molar-refractivity contribution < 1.29 is 0 Å². The first-order valence-electron chi connectivity index (χ1n) is 6.37. The van der Waals surface area contributed by atoms with Gasteiger partial charge in [0.2, 0.25) is 0 Å². The van der Waals surface area contributed by atoms with E-state index in [0.717, 1.165) is 16.9 Å². The molecule has 0 atom stereocenters. The van der Waals surface area contributed by atoms with E-state index >= 15 is 0 Å². The Morgan fingerprint density at radius 2 is 1.60 bits per heavy atom. The third-order valence-corrected chi connectivity index (χ3v) is 3.89. The van der Waals surface area contributed by atoms with Gasteiger partial charge < -0.3 is 4.40 Å². The predicted molar refractivity (Wildman–Crippen MR) is 84.9 cm³/mol. The lowest BCUT2D eigenvalue weighted by molar-refractivity contribution is 1.19. The summed E-state index contributed by atoms with van der Waals surface area (Å²) < 4.78 is 1.87. The second-order valence-corrected chi connectivity index (χ2v) is 5.98. The van der Waals surface area contributed by atoms with Gasteiger partial charge in [0.05, 0.1) is 15.7 Å². The van der Waals surface area contributed by atoms with Crippen molar-refractivity contribution >= 4 is 28.8 Å². The largest absolute Gasteiger partial charge is 0.304 e. The van der Waals surface area contributed by atoms with Gasteiger partial charge in [-0.3, -0.25) is 0 Å². The van der Waals surface area contributed by atoms with Gasteiger partial charge >= 0.3 is 0 Å². The Labute approximate surface area is 128 Å². The Balaban J connectivity index is 2.28. The van der Waals surface area contributed by atoms with Crippen molar-refractivity contribution in [1.29, 1.82) is 0 Å². The summed E-state index contributed by atoms with van der Waals surface area (Å²) in [5.74, 6) is 0. The van der Waals surface area contributed by atoms with E-state index in [2.05, 4.69) is 37.9 Å². The maximum atomic E-state index is 6.20. The molecule has 0 amide bonds. The third kappa shape index (κ3) is 2.19. The van der Waals surface area contributed by atoms with Crippen LogP contribution in [0.1, 0.15) is 16.7 Å². The number of imidazole rings is 1. The molecule has 0 bridgehead atoms. The average molecular weight is 305 g/mol. The number of fused-ring (bicyclic) bond motifs is 1. The molecule has 0 aliphatic rings. The minimum Gasteiger partial charge on any atom is -0.304 e. The SMILES string of the molecule is Cc1cc(C)c(-c2cn3cc(Cl)cc(Cl)c3n2)c(C)c1. The van der Waals surface area contributed by atoms with Crippen LogP contribution in [-0.2, 0) is 0 Å². The number of pyridine rings is 1. The number of nitrogens with zero attached hydrogens (tertiary/aromatic N) is 2. The number of aromatic nitrogens is 2. The fourth-order valence-electron chi connectivity index (χ4n) is 2.73. The van der Waals surface area contributed by atoms with Crippen molar-refractivity contribution in [2.75, 3.05) is 0 Å². The van der Waals surface area contributed by atoms with E-state index in [-0.39, 0.29) is 0 Å². The Morgan fingerprint density at radius 1 is 0.950 bits per heavy atom. The summed E-state index contributed by atoms with van der Waals surface area (Å²) in [7, 11) is 0. The fourth-order valence-corrected chi connectivity index (χ4v) is 3.26. The van der Waals surface area contributed by atoms with Crippen LogP contribution in [0.3, 0.4) is 0 Å². The summed E-state index contributed by atoms with van der Waals surface area (Å²) in [6.45, 7) is 6.31. The molecule has 0 fully saturated rings. The summed E-state index contributed by atoms with van der Waals surface area (Å²) in [6, 6.07) is 6.05. The van der Waals surface area contributed by atoms with E-state index in [1.807, 2.05) is 16.8 Å². The second kappa shape index (κ2) is 4.80. The maximum absolute atomic E-state index is 6.20. The molecule has 0 aliphatic heterocycles. The molecule has 4 heteroatoms. The molecule has 0 N–H and O–H groups in total. The molecule has 0 radical (unpaired) electrons. The van der Waals surface area contributed by atoms with Crippen molar-refractivity contribution in [2.45, 2.75) is 20.8 Å². The standard InChI is InChI=1S/C16H14Cl2N2/c1-9-4-10(2)15(11(3)5-9)14-8-20-7-12(17)6-13(18)16(20)19-14/h4-8H,1-3H3. The van der Waals surface area contributed by atoms with E-state index in [4.69, 9.17) is 23.2 Å². The van der Waals surface area contributed by atoms with Crippen molar-refractivity contribution in [3.8, 4) is 11.3 Å². The number of halogens is 2. The van der Waals surface area contributed by atoms with Crippen LogP contribution in [0.25, 0.3) is 16.9 Å². The van der Waals surface area contributed by atoms with E-state index in [9.17, 15) is 0 Å². The number of hydrogen-bond acceptors (Lipinski definition) is 1. The number of rotatable bonds is 1. The molecule has 2 nitrogen and oxygen atoms in total. The maximum Gasteiger partial charge on any atom is 0.156 e. The van der Waals surface area contributed by atoms with Gasteiger partial charge in [-0.1, -0.05) is 40.9 Å². The lowest BCUT2D eigenvalue weighted by Gasteiger charge is -2.08. The topological polar surface area (TPSA) is 17.3 Å². The van der Waals surface area contributed by atoms with E-state index in [1.54, 1.807) is 6.07 Å². The smallest absolute Gasteiger partial charge is 0.156 e. The van der Waals surface area contributed by atoms with Crippen LogP contribution in [0, 0.1) is 20.8 Å².